The number of nitrogens with zero attached hydrogens (tertiary/aromatic N) is 2. The molecule has 1 rings (SSSR count). The van der Waals surface area contributed by atoms with Crippen LogP contribution in [0.5, 0.6) is 0 Å². The van der Waals surface area contributed by atoms with E-state index in [0.717, 1.165) is 24.6 Å². The lowest BCUT2D eigenvalue weighted by atomic mass is 10.4. The van der Waals surface area contributed by atoms with Crippen molar-refractivity contribution in [3.63, 3.8) is 0 Å². The summed E-state index contributed by atoms with van der Waals surface area (Å²) in [7, 11) is 1.83. The molecule has 5 nitrogen and oxygen atoms in total. The van der Waals surface area contributed by atoms with Gasteiger partial charge in [0.2, 0.25) is 0 Å². The molecular formula is C8H15N5. The highest BCUT2D eigenvalue weighted by atomic mass is 15.0. The van der Waals surface area contributed by atoms with Crippen molar-refractivity contribution in [1.29, 1.82) is 0 Å². The first-order valence-electron chi connectivity index (χ1n) is 4.30. The minimum atomic E-state index is 0.691. The minimum Gasteiger partial charge on any atom is -0.373 e. The Balaban J connectivity index is 2.46. The van der Waals surface area contributed by atoms with E-state index in [1.165, 1.54) is 6.33 Å². The van der Waals surface area contributed by atoms with Crippen LogP contribution in [0.4, 0.5) is 11.6 Å². The molecule has 0 aliphatic rings. The summed E-state index contributed by atoms with van der Waals surface area (Å²) >= 11 is 0. The van der Waals surface area contributed by atoms with Gasteiger partial charge in [0, 0.05) is 19.7 Å². The lowest BCUT2D eigenvalue weighted by molar-refractivity contribution is 0.869. The SMILES string of the molecule is CNc1cc(NCCCN)ncn1. The molecule has 0 atom stereocenters. The molecular weight excluding hydrogens is 166 g/mol. The molecule has 1 aromatic rings. The van der Waals surface area contributed by atoms with E-state index in [9.17, 15) is 0 Å². The molecule has 5 heteroatoms. The highest BCUT2D eigenvalue weighted by Gasteiger charge is 1.94. The zero-order chi connectivity index (χ0) is 9.52. The lowest BCUT2D eigenvalue weighted by Crippen LogP contribution is -2.09. The summed E-state index contributed by atoms with van der Waals surface area (Å²) in [5.41, 5.74) is 5.36. The average molecular weight is 181 g/mol. The molecule has 0 aromatic carbocycles. The van der Waals surface area contributed by atoms with Crippen molar-refractivity contribution in [3.05, 3.63) is 12.4 Å². The predicted octanol–water partition coefficient (Wildman–Crippen LogP) is 0.279. The molecule has 0 radical (unpaired) electrons. The van der Waals surface area contributed by atoms with Gasteiger partial charge in [-0.05, 0) is 13.0 Å². The maximum Gasteiger partial charge on any atom is 0.131 e. The second-order valence-electron chi connectivity index (χ2n) is 2.61. The second kappa shape index (κ2) is 5.31. The quantitative estimate of drug-likeness (QED) is 0.569. The van der Waals surface area contributed by atoms with Gasteiger partial charge >= 0.3 is 0 Å². The summed E-state index contributed by atoms with van der Waals surface area (Å²) in [6.45, 7) is 1.54. The summed E-state index contributed by atoms with van der Waals surface area (Å²) < 4.78 is 0. The second-order valence-corrected chi connectivity index (χ2v) is 2.61. The number of hydrogen-bond donors (Lipinski definition) is 3. The fourth-order valence-electron chi connectivity index (χ4n) is 0.909. The van der Waals surface area contributed by atoms with Gasteiger partial charge in [0.1, 0.15) is 18.0 Å². The average Bonchev–Trinajstić information content (AvgIpc) is 2.19. The molecule has 0 aliphatic heterocycles. The van der Waals surface area contributed by atoms with Gasteiger partial charge in [-0.15, -0.1) is 0 Å². The zero-order valence-corrected chi connectivity index (χ0v) is 7.75. The van der Waals surface area contributed by atoms with Crippen molar-refractivity contribution in [2.24, 2.45) is 5.73 Å². The molecule has 0 unspecified atom stereocenters. The third-order valence-electron chi connectivity index (χ3n) is 1.61. The Morgan fingerprint density at radius 3 is 2.85 bits per heavy atom. The Hall–Kier alpha value is -1.36. The van der Waals surface area contributed by atoms with E-state index < -0.39 is 0 Å². The molecule has 0 amide bonds. The minimum absolute atomic E-state index is 0.691. The standard InChI is InChI=1S/C8H15N5/c1-10-7-5-8(13-6-12-7)11-4-2-3-9/h5-6H,2-4,9H2,1H3,(H2,10,11,12,13). The van der Waals surface area contributed by atoms with Crippen molar-refractivity contribution >= 4 is 11.6 Å². The smallest absolute Gasteiger partial charge is 0.131 e. The zero-order valence-electron chi connectivity index (χ0n) is 7.75. The lowest BCUT2D eigenvalue weighted by Gasteiger charge is -2.05. The first-order chi connectivity index (χ1) is 6.36. The molecule has 0 saturated carbocycles. The third-order valence-corrected chi connectivity index (χ3v) is 1.61. The fraction of sp³-hybridized carbons (Fsp3) is 0.500. The van der Waals surface area contributed by atoms with Gasteiger partial charge in [-0.3, -0.25) is 0 Å². The molecule has 0 aliphatic carbocycles. The van der Waals surface area contributed by atoms with Crippen LogP contribution in [0, 0.1) is 0 Å². The number of anilines is 2. The van der Waals surface area contributed by atoms with E-state index in [2.05, 4.69) is 20.6 Å². The van der Waals surface area contributed by atoms with Crippen LogP contribution in [0.3, 0.4) is 0 Å². The maximum atomic E-state index is 5.36. The summed E-state index contributed by atoms with van der Waals surface area (Å²) in [5, 5.41) is 6.09. The van der Waals surface area contributed by atoms with E-state index >= 15 is 0 Å². The summed E-state index contributed by atoms with van der Waals surface area (Å²) in [6.07, 6.45) is 2.47. The highest BCUT2D eigenvalue weighted by Crippen LogP contribution is 2.06. The molecule has 0 saturated heterocycles. The molecule has 13 heavy (non-hydrogen) atoms. The molecule has 1 aromatic heterocycles. The van der Waals surface area contributed by atoms with Gasteiger partial charge in [-0.2, -0.15) is 0 Å². The van der Waals surface area contributed by atoms with E-state index in [0.29, 0.717) is 6.54 Å². The molecule has 72 valence electrons. The maximum absolute atomic E-state index is 5.36. The number of hydrogen-bond acceptors (Lipinski definition) is 5. The van der Waals surface area contributed by atoms with Gasteiger partial charge in [0.25, 0.3) is 0 Å². The Labute approximate surface area is 77.8 Å². The first-order valence-corrected chi connectivity index (χ1v) is 4.30. The van der Waals surface area contributed by atoms with Crippen molar-refractivity contribution in [3.8, 4) is 0 Å². The summed E-state index contributed by atoms with van der Waals surface area (Å²) in [5.74, 6) is 1.64. The summed E-state index contributed by atoms with van der Waals surface area (Å²) in [6, 6.07) is 1.86. The Kier molecular flexibility index (Phi) is 3.98. The van der Waals surface area contributed by atoms with E-state index in [-0.39, 0.29) is 0 Å². The highest BCUT2D eigenvalue weighted by molar-refractivity contribution is 5.45. The van der Waals surface area contributed by atoms with Crippen molar-refractivity contribution in [2.75, 3.05) is 30.8 Å². The Morgan fingerprint density at radius 1 is 1.38 bits per heavy atom. The van der Waals surface area contributed by atoms with Gasteiger partial charge < -0.3 is 16.4 Å². The van der Waals surface area contributed by atoms with E-state index in [1.807, 2.05) is 13.1 Å². The number of aromatic nitrogens is 2. The number of nitrogens with one attached hydrogen (secondary N) is 2. The third kappa shape index (κ3) is 3.25. The largest absolute Gasteiger partial charge is 0.373 e. The predicted molar refractivity (Wildman–Crippen MR) is 53.7 cm³/mol. The van der Waals surface area contributed by atoms with Gasteiger partial charge in [-0.25, -0.2) is 9.97 Å². The van der Waals surface area contributed by atoms with Crippen molar-refractivity contribution in [2.45, 2.75) is 6.42 Å². The Bertz CT molecular complexity index is 250. The monoisotopic (exact) mass is 181 g/mol. The number of nitrogens with two attached hydrogens (primary N) is 1. The Morgan fingerprint density at radius 2 is 2.15 bits per heavy atom. The molecule has 0 spiro atoms. The van der Waals surface area contributed by atoms with Crippen molar-refractivity contribution < 1.29 is 0 Å². The summed E-state index contributed by atoms with van der Waals surface area (Å²) in [4.78, 5) is 8.06. The van der Waals surface area contributed by atoms with Crippen LogP contribution in [0.15, 0.2) is 12.4 Å². The molecule has 4 N–H and O–H groups in total. The van der Waals surface area contributed by atoms with E-state index in [4.69, 9.17) is 5.73 Å². The van der Waals surface area contributed by atoms with Crippen LogP contribution in [-0.2, 0) is 0 Å². The molecule has 1 heterocycles. The first kappa shape index (κ1) is 9.73. The van der Waals surface area contributed by atoms with Crippen LogP contribution >= 0.6 is 0 Å². The van der Waals surface area contributed by atoms with Crippen LogP contribution in [0.25, 0.3) is 0 Å². The van der Waals surface area contributed by atoms with Crippen LogP contribution in [-0.4, -0.2) is 30.1 Å². The van der Waals surface area contributed by atoms with Crippen LogP contribution in [0.1, 0.15) is 6.42 Å². The van der Waals surface area contributed by atoms with Crippen LogP contribution < -0.4 is 16.4 Å². The normalized spacial score (nSPS) is 9.69. The fourth-order valence-corrected chi connectivity index (χ4v) is 0.909. The molecule has 0 bridgehead atoms. The van der Waals surface area contributed by atoms with Crippen LogP contribution in [0.2, 0.25) is 0 Å². The van der Waals surface area contributed by atoms with E-state index in [1.54, 1.807) is 0 Å². The molecule has 0 fully saturated rings. The van der Waals surface area contributed by atoms with Gasteiger partial charge in [0.05, 0.1) is 0 Å². The van der Waals surface area contributed by atoms with Crippen molar-refractivity contribution in [1.82, 2.24) is 9.97 Å². The van der Waals surface area contributed by atoms with Gasteiger partial charge in [-0.1, -0.05) is 0 Å². The topological polar surface area (TPSA) is 75.9 Å². The van der Waals surface area contributed by atoms with Gasteiger partial charge in [0.15, 0.2) is 0 Å². The number of rotatable bonds is 5.